The van der Waals surface area contributed by atoms with Gasteiger partial charge >= 0.3 is 0 Å². The fourth-order valence-electron chi connectivity index (χ4n) is 5.60. The molecule has 6 heteroatoms. The second kappa shape index (κ2) is 7.94. The first-order valence-corrected chi connectivity index (χ1v) is 11.7. The number of nitrogens with zero attached hydrogens (tertiary/aromatic N) is 2. The minimum Gasteiger partial charge on any atom is -0.367 e. The molecule has 2 bridgehead atoms. The van der Waals surface area contributed by atoms with Crippen LogP contribution >= 0.6 is 0 Å². The Kier molecular flexibility index (Phi) is 4.89. The number of rotatable bonds is 4. The molecule has 7 rings (SSSR count). The Bertz CT molecular complexity index is 1320. The Hall–Kier alpha value is -3.28. The summed E-state index contributed by atoms with van der Waals surface area (Å²) in [6.45, 7) is 2.05. The molecule has 2 N–H and O–H groups in total. The number of hydrogen-bond donors (Lipinski definition) is 2. The highest BCUT2D eigenvalue weighted by Gasteiger charge is 2.35. The predicted octanol–water partition coefficient (Wildman–Crippen LogP) is 6.87. The van der Waals surface area contributed by atoms with Gasteiger partial charge in [0.05, 0.1) is 11.2 Å². The highest BCUT2D eigenvalue weighted by molar-refractivity contribution is 5.94. The zero-order valence-electron chi connectivity index (χ0n) is 18.5. The largest absolute Gasteiger partial charge is 0.367 e. The number of fused-ring (bicyclic) bond motifs is 4. The van der Waals surface area contributed by atoms with Crippen LogP contribution in [-0.2, 0) is 0 Å². The van der Waals surface area contributed by atoms with Gasteiger partial charge in [-0.1, -0.05) is 42.7 Å². The molecule has 1 unspecified atom stereocenters. The van der Waals surface area contributed by atoms with Crippen molar-refractivity contribution in [3.05, 3.63) is 65.9 Å². The SMILES string of the molecule is Cc1ccc(-c2cc(NC3CC4CCC3CC4)nc(-c3c[nH]c4c(F)cc(F)cc34)n2)cc1. The topological polar surface area (TPSA) is 53.6 Å². The summed E-state index contributed by atoms with van der Waals surface area (Å²) in [5.41, 5.74) is 3.79. The van der Waals surface area contributed by atoms with Crippen molar-refractivity contribution in [3.8, 4) is 22.6 Å². The minimum absolute atomic E-state index is 0.259. The van der Waals surface area contributed by atoms with E-state index in [0.717, 1.165) is 29.1 Å². The Labute approximate surface area is 191 Å². The molecule has 168 valence electrons. The monoisotopic (exact) mass is 444 g/mol. The van der Waals surface area contributed by atoms with E-state index < -0.39 is 11.6 Å². The van der Waals surface area contributed by atoms with Crippen LogP contribution in [-0.4, -0.2) is 21.0 Å². The molecular formula is C27H26F2N4. The Morgan fingerprint density at radius 2 is 1.76 bits per heavy atom. The molecule has 2 aromatic carbocycles. The van der Waals surface area contributed by atoms with E-state index in [1.54, 1.807) is 6.20 Å². The number of halogens is 2. The number of aryl methyl sites for hydroxylation is 1. The van der Waals surface area contributed by atoms with E-state index in [1.807, 2.05) is 18.2 Å². The van der Waals surface area contributed by atoms with Crippen molar-refractivity contribution in [2.45, 2.75) is 45.1 Å². The first-order valence-electron chi connectivity index (χ1n) is 11.7. The maximum atomic E-state index is 14.3. The number of anilines is 1. The van der Waals surface area contributed by atoms with Crippen LogP contribution < -0.4 is 5.32 Å². The van der Waals surface area contributed by atoms with Gasteiger partial charge in [-0.2, -0.15) is 0 Å². The average molecular weight is 445 g/mol. The molecule has 0 aliphatic heterocycles. The summed E-state index contributed by atoms with van der Waals surface area (Å²) >= 11 is 0. The number of hydrogen-bond acceptors (Lipinski definition) is 3. The van der Waals surface area contributed by atoms with Gasteiger partial charge < -0.3 is 10.3 Å². The second-order valence-electron chi connectivity index (χ2n) is 9.61. The number of H-pyrrole nitrogens is 1. The van der Waals surface area contributed by atoms with Crippen LogP contribution in [0.5, 0.6) is 0 Å². The fourth-order valence-corrected chi connectivity index (χ4v) is 5.60. The van der Waals surface area contributed by atoms with Gasteiger partial charge in [0.1, 0.15) is 17.5 Å². The smallest absolute Gasteiger partial charge is 0.164 e. The number of aromatic nitrogens is 3. The van der Waals surface area contributed by atoms with Crippen molar-refractivity contribution >= 4 is 16.7 Å². The summed E-state index contributed by atoms with van der Waals surface area (Å²) in [6, 6.07) is 12.8. The maximum Gasteiger partial charge on any atom is 0.164 e. The molecule has 0 amide bonds. The van der Waals surface area contributed by atoms with Crippen LogP contribution in [0.15, 0.2) is 48.7 Å². The molecular weight excluding hydrogens is 418 g/mol. The summed E-state index contributed by atoms with van der Waals surface area (Å²) in [5.74, 6) is 1.44. The molecule has 33 heavy (non-hydrogen) atoms. The molecule has 3 saturated carbocycles. The number of nitrogens with one attached hydrogen (secondary N) is 2. The average Bonchev–Trinajstić information content (AvgIpc) is 3.24. The quantitative estimate of drug-likeness (QED) is 0.361. The van der Waals surface area contributed by atoms with Crippen molar-refractivity contribution in [2.24, 2.45) is 11.8 Å². The molecule has 2 heterocycles. The number of aromatic amines is 1. The van der Waals surface area contributed by atoms with E-state index in [1.165, 1.54) is 43.7 Å². The fraction of sp³-hybridized carbons (Fsp3) is 0.333. The third-order valence-electron chi connectivity index (χ3n) is 7.40. The minimum atomic E-state index is -0.623. The standard InChI is InChI=1S/C27H26F2N4/c1-15-2-6-17(7-3-15)24-13-25(31-23-10-16-4-8-18(23)9-5-16)33-27(32-24)21-14-30-26-20(21)11-19(28)12-22(26)29/h2-3,6-7,11-14,16,18,23,30H,4-5,8-10H2,1H3,(H,31,32,33). The van der Waals surface area contributed by atoms with E-state index in [-0.39, 0.29) is 5.52 Å². The van der Waals surface area contributed by atoms with Crippen molar-refractivity contribution < 1.29 is 8.78 Å². The lowest BCUT2D eigenvalue weighted by Crippen LogP contribution is -2.40. The number of benzene rings is 2. The van der Waals surface area contributed by atoms with Crippen LogP contribution in [0.3, 0.4) is 0 Å². The van der Waals surface area contributed by atoms with Crippen LogP contribution in [0.1, 0.15) is 37.7 Å². The van der Waals surface area contributed by atoms with Crippen LogP contribution in [0.2, 0.25) is 0 Å². The molecule has 3 aliphatic carbocycles. The molecule has 0 radical (unpaired) electrons. The van der Waals surface area contributed by atoms with Crippen LogP contribution in [0.4, 0.5) is 14.6 Å². The van der Waals surface area contributed by atoms with Crippen molar-refractivity contribution in [3.63, 3.8) is 0 Å². The first kappa shape index (κ1) is 20.3. The Balaban J connectivity index is 1.46. The van der Waals surface area contributed by atoms with Crippen LogP contribution in [0.25, 0.3) is 33.5 Å². The molecule has 0 saturated heterocycles. The van der Waals surface area contributed by atoms with Gasteiger partial charge in [-0.05, 0) is 44.1 Å². The Morgan fingerprint density at radius 1 is 0.970 bits per heavy atom. The summed E-state index contributed by atoms with van der Waals surface area (Å²) in [7, 11) is 0. The summed E-state index contributed by atoms with van der Waals surface area (Å²) in [5, 5.41) is 4.14. The highest BCUT2D eigenvalue weighted by Crippen LogP contribution is 2.42. The van der Waals surface area contributed by atoms with Gasteiger partial charge in [0.2, 0.25) is 0 Å². The zero-order valence-corrected chi connectivity index (χ0v) is 18.5. The van der Waals surface area contributed by atoms with Gasteiger partial charge in [-0.3, -0.25) is 0 Å². The zero-order chi connectivity index (χ0) is 22.5. The molecule has 2 aromatic heterocycles. The van der Waals surface area contributed by atoms with Crippen molar-refractivity contribution in [1.29, 1.82) is 0 Å². The summed E-state index contributed by atoms with van der Waals surface area (Å²) in [6.07, 6.45) is 8.04. The van der Waals surface area contributed by atoms with E-state index in [9.17, 15) is 8.78 Å². The lowest BCUT2D eigenvalue weighted by Gasteiger charge is -2.42. The van der Waals surface area contributed by atoms with Crippen LogP contribution in [0, 0.1) is 30.4 Å². The highest BCUT2D eigenvalue weighted by atomic mass is 19.1. The summed E-state index contributed by atoms with van der Waals surface area (Å²) in [4.78, 5) is 12.6. The van der Waals surface area contributed by atoms with Crippen molar-refractivity contribution in [2.75, 3.05) is 5.32 Å². The molecule has 4 nitrogen and oxygen atoms in total. The molecule has 3 aliphatic rings. The van der Waals surface area contributed by atoms with E-state index in [4.69, 9.17) is 9.97 Å². The predicted molar refractivity (Wildman–Crippen MR) is 127 cm³/mol. The second-order valence-corrected chi connectivity index (χ2v) is 9.61. The first-order chi connectivity index (χ1) is 16.0. The van der Waals surface area contributed by atoms with E-state index >= 15 is 0 Å². The normalized spacial score (nSPS) is 22.1. The van der Waals surface area contributed by atoms with Gasteiger partial charge in [0, 0.05) is 40.9 Å². The van der Waals surface area contributed by atoms with E-state index in [2.05, 4.69) is 29.4 Å². The third-order valence-corrected chi connectivity index (χ3v) is 7.40. The lowest BCUT2D eigenvalue weighted by molar-refractivity contribution is 0.157. The van der Waals surface area contributed by atoms with Gasteiger partial charge in [-0.15, -0.1) is 0 Å². The molecule has 3 fully saturated rings. The van der Waals surface area contributed by atoms with Gasteiger partial charge in [-0.25, -0.2) is 18.7 Å². The Morgan fingerprint density at radius 3 is 2.48 bits per heavy atom. The molecule has 1 atom stereocenters. The maximum absolute atomic E-state index is 14.3. The summed E-state index contributed by atoms with van der Waals surface area (Å²) < 4.78 is 28.3. The van der Waals surface area contributed by atoms with Gasteiger partial charge in [0.15, 0.2) is 5.82 Å². The molecule has 0 spiro atoms. The van der Waals surface area contributed by atoms with E-state index in [0.29, 0.717) is 28.7 Å². The molecule has 4 aromatic rings. The van der Waals surface area contributed by atoms with Gasteiger partial charge in [0.25, 0.3) is 0 Å². The third kappa shape index (κ3) is 3.77. The van der Waals surface area contributed by atoms with Crippen molar-refractivity contribution in [1.82, 2.24) is 15.0 Å². The lowest BCUT2D eigenvalue weighted by atomic mass is 9.68.